The SMILES string of the molecule is CN1C(=O)C(O)(CCC(=O)O)c2ccccc21. The van der Waals surface area contributed by atoms with Crippen molar-refractivity contribution in [2.45, 2.75) is 18.4 Å². The number of amides is 1. The number of aliphatic hydroxyl groups is 1. The van der Waals surface area contributed by atoms with Crippen LogP contribution < -0.4 is 4.90 Å². The largest absolute Gasteiger partial charge is 0.481 e. The summed E-state index contributed by atoms with van der Waals surface area (Å²) in [6.45, 7) is 0. The van der Waals surface area contributed by atoms with Crippen LogP contribution in [0.3, 0.4) is 0 Å². The van der Waals surface area contributed by atoms with Gasteiger partial charge in [-0.05, 0) is 12.5 Å². The van der Waals surface area contributed by atoms with Crippen LogP contribution in [0.5, 0.6) is 0 Å². The fraction of sp³-hybridized carbons (Fsp3) is 0.333. The average molecular weight is 235 g/mol. The lowest BCUT2D eigenvalue weighted by molar-refractivity contribution is -0.142. The molecular weight excluding hydrogens is 222 g/mol. The third-order valence-corrected chi connectivity index (χ3v) is 3.07. The lowest BCUT2D eigenvalue weighted by atomic mass is 9.90. The van der Waals surface area contributed by atoms with Crippen LogP contribution in [0.2, 0.25) is 0 Å². The molecule has 0 saturated carbocycles. The van der Waals surface area contributed by atoms with Crippen molar-refractivity contribution in [2.24, 2.45) is 0 Å². The number of carboxylic acid groups (broad SMARTS) is 1. The van der Waals surface area contributed by atoms with Gasteiger partial charge >= 0.3 is 5.97 Å². The number of likely N-dealkylation sites (N-methyl/N-ethyl adjacent to an activating group) is 1. The van der Waals surface area contributed by atoms with Gasteiger partial charge in [0.25, 0.3) is 5.91 Å². The number of aliphatic carboxylic acids is 1. The maximum atomic E-state index is 12.0. The number of benzene rings is 1. The topological polar surface area (TPSA) is 77.8 Å². The van der Waals surface area contributed by atoms with Gasteiger partial charge in [-0.2, -0.15) is 0 Å². The number of hydrogen-bond donors (Lipinski definition) is 2. The molecule has 0 bridgehead atoms. The molecule has 1 aliphatic heterocycles. The van der Waals surface area contributed by atoms with Crippen molar-refractivity contribution in [3.63, 3.8) is 0 Å². The number of nitrogens with zero attached hydrogens (tertiary/aromatic N) is 1. The molecule has 1 amide bonds. The van der Waals surface area contributed by atoms with Gasteiger partial charge in [-0.1, -0.05) is 18.2 Å². The summed E-state index contributed by atoms with van der Waals surface area (Å²) in [6.07, 6.45) is -0.354. The second-order valence-corrected chi connectivity index (χ2v) is 4.14. The highest BCUT2D eigenvalue weighted by atomic mass is 16.4. The smallest absolute Gasteiger partial charge is 0.303 e. The molecule has 1 aliphatic rings. The zero-order valence-electron chi connectivity index (χ0n) is 9.38. The van der Waals surface area contributed by atoms with E-state index in [0.717, 1.165) is 0 Å². The molecule has 1 aromatic rings. The summed E-state index contributed by atoms with van der Waals surface area (Å²) in [6, 6.07) is 6.87. The van der Waals surface area contributed by atoms with Crippen LogP contribution in [0, 0.1) is 0 Å². The van der Waals surface area contributed by atoms with Crippen molar-refractivity contribution in [2.75, 3.05) is 11.9 Å². The summed E-state index contributed by atoms with van der Waals surface area (Å²) in [4.78, 5) is 23.9. The lowest BCUT2D eigenvalue weighted by Crippen LogP contribution is -2.38. The second kappa shape index (κ2) is 3.85. The lowest BCUT2D eigenvalue weighted by Gasteiger charge is -2.20. The van der Waals surface area contributed by atoms with Crippen molar-refractivity contribution in [1.82, 2.24) is 0 Å². The van der Waals surface area contributed by atoms with Gasteiger partial charge in [0.05, 0.1) is 5.69 Å². The molecule has 0 saturated heterocycles. The van der Waals surface area contributed by atoms with Crippen LogP contribution in [-0.4, -0.2) is 29.1 Å². The first-order valence-electron chi connectivity index (χ1n) is 5.28. The normalized spacial score (nSPS) is 22.7. The highest BCUT2D eigenvalue weighted by Crippen LogP contribution is 2.41. The van der Waals surface area contributed by atoms with Crippen LogP contribution in [0.15, 0.2) is 24.3 Å². The van der Waals surface area contributed by atoms with E-state index in [-0.39, 0.29) is 12.8 Å². The Morgan fingerprint density at radius 2 is 2.06 bits per heavy atom. The summed E-state index contributed by atoms with van der Waals surface area (Å²) in [5.41, 5.74) is -0.594. The highest BCUT2D eigenvalue weighted by Gasteiger charge is 2.48. The molecule has 1 atom stereocenters. The van der Waals surface area contributed by atoms with Gasteiger partial charge in [0.1, 0.15) is 0 Å². The predicted molar refractivity (Wildman–Crippen MR) is 60.6 cm³/mol. The Balaban J connectivity index is 2.41. The maximum absolute atomic E-state index is 12.0. The molecular formula is C12H13NO4. The Labute approximate surface area is 98.3 Å². The Hall–Kier alpha value is -1.88. The monoisotopic (exact) mass is 235 g/mol. The van der Waals surface area contributed by atoms with E-state index in [1.54, 1.807) is 31.3 Å². The zero-order valence-corrected chi connectivity index (χ0v) is 9.38. The van der Waals surface area contributed by atoms with E-state index in [2.05, 4.69) is 0 Å². The highest BCUT2D eigenvalue weighted by molar-refractivity contribution is 6.06. The van der Waals surface area contributed by atoms with Crippen molar-refractivity contribution >= 4 is 17.6 Å². The van der Waals surface area contributed by atoms with Gasteiger partial charge in [0.2, 0.25) is 0 Å². The average Bonchev–Trinajstić information content (AvgIpc) is 2.51. The Morgan fingerprint density at radius 1 is 1.41 bits per heavy atom. The zero-order chi connectivity index (χ0) is 12.6. The van der Waals surface area contributed by atoms with E-state index < -0.39 is 17.5 Å². The molecule has 5 heteroatoms. The third-order valence-electron chi connectivity index (χ3n) is 3.07. The van der Waals surface area contributed by atoms with Crippen LogP contribution >= 0.6 is 0 Å². The molecule has 2 N–H and O–H groups in total. The molecule has 17 heavy (non-hydrogen) atoms. The summed E-state index contributed by atoms with van der Waals surface area (Å²) < 4.78 is 0. The Bertz CT molecular complexity index is 485. The number of anilines is 1. The van der Waals surface area contributed by atoms with E-state index in [1.807, 2.05) is 0 Å². The summed E-state index contributed by atoms with van der Waals surface area (Å²) in [7, 11) is 1.57. The van der Waals surface area contributed by atoms with Crippen molar-refractivity contribution in [1.29, 1.82) is 0 Å². The van der Waals surface area contributed by atoms with Crippen molar-refractivity contribution < 1.29 is 19.8 Å². The number of rotatable bonds is 3. The van der Waals surface area contributed by atoms with Gasteiger partial charge < -0.3 is 15.1 Å². The number of carboxylic acids is 1. The van der Waals surface area contributed by atoms with Crippen LogP contribution in [0.1, 0.15) is 18.4 Å². The van der Waals surface area contributed by atoms with Crippen molar-refractivity contribution in [3.8, 4) is 0 Å². The van der Waals surface area contributed by atoms with Crippen LogP contribution in [0.4, 0.5) is 5.69 Å². The molecule has 0 fully saturated rings. The molecule has 0 radical (unpaired) electrons. The molecule has 0 spiro atoms. The Kier molecular flexibility index (Phi) is 2.63. The van der Waals surface area contributed by atoms with Crippen LogP contribution in [0.25, 0.3) is 0 Å². The van der Waals surface area contributed by atoms with E-state index in [1.165, 1.54) is 4.90 Å². The first kappa shape index (κ1) is 11.6. The molecule has 1 heterocycles. The van der Waals surface area contributed by atoms with Gasteiger partial charge in [0.15, 0.2) is 5.60 Å². The molecule has 0 aromatic heterocycles. The first-order valence-corrected chi connectivity index (χ1v) is 5.28. The summed E-state index contributed by atoms with van der Waals surface area (Å²) >= 11 is 0. The fourth-order valence-electron chi connectivity index (χ4n) is 2.15. The molecule has 1 unspecified atom stereocenters. The third kappa shape index (κ3) is 1.68. The van der Waals surface area contributed by atoms with Gasteiger partial charge in [0, 0.05) is 19.0 Å². The molecule has 2 rings (SSSR count). The predicted octanol–water partition coefficient (Wildman–Crippen LogP) is 0.715. The number of para-hydroxylation sites is 1. The molecule has 5 nitrogen and oxygen atoms in total. The van der Waals surface area contributed by atoms with E-state index >= 15 is 0 Å². The quantitative estimate of drug-likeness (QED) is 0.809. The summed E-state index contributed by atoms with van der Waals surface area (Å²) in [5.74, 6) is -1.50. The number of carbonyl (C=O) groups excluding carboxylic acids is 1. The van der Waals surface area contributed by atoms with Gasteiger partial charge in [-0.25, -0.2) is 0 Å². The van der Waals surface area contributed by atoms with E-state index in [9.17, 15) is 14.7 Å². The second-order valence-electron chi connectivity index (χ2n) is 4.14. The minimum absolute atomic E-state index is 0.109. The number of carbonyl (C=O) groups is 2. The maximum Gasteiger partial charge on any atom is 0.303 e. The Morgan fingerprint density at radius 3 is 2.71 bits per heavy atom. The molecule has 90 valence electrons. The van der Waals surface area contributed by atoms with Crippen molar-refractivity contribution in [3.05, 3.63) is 29.8 Å². The minimum Gasteiger partial charge on any atom is -0.481 e. The van der Waals surface area contributed by atoms with Gasteiger partial charge in [-0.3, -0.25) is 9.59 Å². The molecule has 1 aromatic carbocycles. The molecule has 0 aliphatic carbocycles. The van der Waals surface area contributed by atoms with Gasteiger partial charge in [-0.15, -0.1) is 0 Å². The standard InChI is InChI=1S/C12H13NO4/c1-13-9-5-3-2-4-8(9)12(17,11(13)16)7-6-10(14)15/h2-5,17H,6-7H2,1H3,(H,14,15). The minimum atomic E-state index is -1.70. The number of hydrogen-bond acceptors (Lipinski definition) is 3. The fourth-order valence-corrected chi connectivity index (χ4v) is 2.15. The summed E-state index contributed by atoms with van der Waals surface area (Å²) in [5, 5.41) is 19.0. The van der Waals surface area contributed by atoms with Crippen LogP contribution in [-0.2, 0) is 15.2 Å². The van der Waals surface area contributed by atoms with E-state index in [4.69, 9.17) is 5.11 Å². The first-order chi connectivity index (χ1) is 7.97. The van der Waals surface area contributed by atoms with E-state index in [0.29, 0.717) is 11.3 Å². The number of fused-ring (bicyclic) bond motifs is 1.